The summed E-state index contributed by atoms with van der Waals surface area (Å²) in [5.74, 6) is -0.875. The highest BCUT2D eigenvalue weighted by atomic mass is 35.5. The molecule has 2 fully saturated rings. The van der Waals surface area contributed by atoms with Crippen LogP contribution >= 0.6 is 11.6 Å². The molecule has 1 aliphatic carbocycles. The van der Waals surface area contributed by atoms with Gasteiger partial charge in [-0.1, -0.05) is 55.1 Å². The van der Waals surface area contributed by atoms with Crippen LogP contribution in [0.2, 0.25) is 5.02 Å². The first kappa shape index (κ1) is 23.3. The van der Waals surface area contributed by atoms with Crippen LogP contribution in [0.25, 0.3) is 11.1 Å². The van der Waals surface area contributed by atoms with Crippen LogP contribution in [0.1, 0.15) is 60.4 Å². The fourth-order valence-electron chi connectivity index (χ4n) is 5.32. The Labute approximate surface area is 198 Å². The summed E-state index contributed by atoms with van der Waals surface area (Å²) >= 11 is 6.83. The average molecular weight is 469 g/mol. The second kappa shape index (κ2) is 10.4. The monoisotopic (exact) mass is 468 g/mol. The molecule has 2 atom stereocenters. The van der Waals surface area contributed by atoms with Gasteiger partial charge in [0, 0.05) is 23.0 Å². The lowest BCUT2D eigenvalue weighted by Gasteiger charge is -2.34. The molecule has 2 aliphatic rings. The molecule has 0 radical (unpaired) electrons. The minimum absolute atomic E-state index is 0.0438. The molecule has 7 heteroatoms. The van der Waals surface area contributed by atoms with Crippen molar-refractivity contribution in [2.45, 2.75) is 44.4 Å². The van der Waals surface area contributed by atoms with Crippen molar-refractivity contribution in [3.8, 4) is 11.1 Å². The van der Waals surface area contributed by atoms with Crippen molar-refractivity contribution in [1.29, 1.82) is 0 Å². The van der Waals surface area contributed by atoms with E-state index in [1.807, 2.05) is 24.3 Å². The van der Waals surface area contributed by atoms with Gasteiger partial charge in [0.2, 0.25) is 5.91 Å². The van der Waals surface area contributed by atoms with E-state index >= 15 is 0 Å². The Morgan fingerprint density at radius 2 is 1.82 bits per heavy atom. The first-order valence-electron chi connectivity index (χ1n) is 11.6. The molecule has 3 N–H and O–H groups in total. The summed E-state index contributed by atoms with van der Waals surface area (Å²) in [6, 6.07) is 13.0. The SMILES string of the molecule is O=C(O)CNC(=O)c1cccc(-c2ccc(C(C3CCCCC3)C3CCNC3=O)c(Cl)c2)c1. The van der Waals surface area contributed by atoms with E-state index in [1.54, 1.807) is 18.2 Å². The van der Waals surface area contributed by atoms with Crippen LogP contribution < -0.4 is 10.6 Å². The van der Waals surface area contributed by atoms with Crippen LogP contribution in [-0.2, 0) is 9.59 Å². The van der Waals surface area contributed by atoms with E-state index in [0.29, 0.717) is 16.5 Å². The summed E-state index contributed by atoms with van der Waals surface area (Å²) in [4.78, 5) is 35.6. The van der Waals surface area contributed by atoms with Gasteiger partial charge in [0.25, 0.3) is 5.91 Å². The summed E-state index contributed by atoms with van der Waals surface area (Å²) in [6.07, 6.45) is 6.73. The Morgan fingerprint density at radius 3 is 2.48 bits per heavy atom. The van der Waals surface area contributed by atoms with E-state index in [0.717, 1.165) is 42.5 Å². The maximum Gasteiger partial charge on any atom is 0.322 e. The van der Waals surface area contributed by atoms with Gasteiger partial charge in [-0.15, -0.1) is 0 Å². The van der Waals surface area contributed by atoms with Crippen LogP contribution in [0, 0.1) is 11.8 Å². The van der Waals surface area contributed by atoms with Crippen molar-refractivity contribution in [1.82, 2.24) is 10.6 Å². The maximum atomic E-state index is 12.6. The summed E-state index contributed by atoms with van der Waals surface area (Å²) in [5, 5.41) is 14.8. The van der Waals surface area contributed by atoms with Crippen molar-refractivity contribution in [3.05, 3.63) is 58.6 Å². The Balaban J connectivity index is 1.61. The first-order chi connectivity index (χ1) is 15.9. The molecular weight excluding hydrogens is 440 g/mol. The number of halogens is 1. The lowest BCUT2D eigenvalue weighted by atomic mass is 9.70. The van der Waals surface area contributed by atoms with Crippen molar-refractivity contribution in [2.75, 3.05) is 13.1 Å². The van der Waals surface area contributed by atoms with Gasteiger partial charge in [0.05, 0.1) is 0 Å². The zero-order chi connectivity index (χ0) is 23.4. The molecule has 2 aromatic carbocycles. The van der Waals surface area contributed by atoms with E-state index in [9.17, 15) is 14.4 Å². The highest BCUT2D eigenvalue weighted by Gasteiger charge is 2.39. The fraction of sp³-hybridized carbons (Fsp3) is 0.423. The third-order valence-corrected chi connectivity index (χ3v) is 7.23. The number of benzene rings is 2. The van der Waals surface area contributed by atoms with Gasteiger partial charge in [0.1, 0.15) is 6.54 Å². The van der Waals surface area contributed by atoms with Crippen molar-refractivity contribution in [3.63, 3.8) is 0 Å². The number of carboxylic acid groups (broad SMARTS) is 1. The quantitative estimate of drug-likeness (QED) is 0.552. The second-order valence-electron chi connectivity index (χ2n) is 9.00. The van der Waals surface area contributed by atoms with Gasteiger partial charge >= 0.3 is 5.97 Å². The summed E-state index contributed by atoms with van der Waals surface area (Å²) in [7, 11) is 0. The zero-order valence-corrected chi connectivity index (χ0v) is 19.2. The molecule has 33 heavy (non-hydrogen) atoms. The Morgan fingerprint density at radius 1 is 1.06 bits per heavy atom. The largest absolute Gasteiger partial charge is 0.480 e. The van der Waals surface area contributed by atoms with Crippen molar-refractivity contribution < 1.29 is 19.5 Å². The molecule has 1 saturated carbocycles. The van der Waals surface area contributed by atoms with Gasteiger partial charge in [-0.2, -0.15) is 0 Å². The topological polar surface area (TPSA) is 95.5 Å². The zero-order valence-electron chi connectivity index (χ0n) is 18.5. The number of carbonyl (C=O) groups excluding carboxylic acids is 2. The van der Waals surface area contributed by atoms with E-state index in [2.05, 4.69) is 10.6 Å². The van der Waals surface area contributed by atoms with Gasteiger partial charge < -0.3 is 15.7 Å². The molecule has 2 unspecified atom stereocenters. The number of aliphatic carboxylic acids is 1. The predicted octanol–water partition coefficient (Wildman–Crippen LogP) is 4.62. The van der Waals surface area contributed by atoms with E-state index < -0.39 is 18.4 Å². The fourth-order valence-corrected chi connectivity index (χ4v) is 5.63. The Kier molecular flexibility index (Phi) is 7.33. The molecule has 0 spiro atoms. The summed E-state index contributed by atoms with van der Waals surface area (Å²) in [6.45, 7) is 0.292. The second-order valence-corrected chi connectivity index (χ2v) is 9.41. The molecule has 1 heterocycles. The summed E-state index contributed by atoms with van der Waals surface area (Å²) in [5.41, 5.74) is 3.11. The van der Waals surface area contributed by atoms with Crippen LogP contribution in [-0.4, -0.2) is 36.0 Å². The van der Waals surface area contributed by atoms with E-state index in [-0.39, 0.29) is 17.7 Å². The van der Waals surface area contributed by atoms with Crippen LogP contribution in [0.5, 0.6) is 0 Å². The average Bonchev–Trinajstić information content (AvgIpc) is 3.25. The number of carboxylic acids is 1. The molecule has 0 bridgehead atoms. The highest BCUT2D eigenvalue weighted by Crippen LogP contribution is 2.45. The molecular formula is C26H29ClN2O4. The molecule has 174 valence electrons. The molecule has 2 aromatic rings. The standard InChI is InChI=1S/C26H29ClN2O4/c27-22-14-18(17-7-4-8-19(13-17)25(32)29-15-23(30)31)9-10-20(22)24(16-5-2-1-3-6-16)21-11-12-28-26(21)33/h4,7-10,13-14,16,21,24H,1-3,5-6,11-12,15H2,(H,28,33)(H,29,32)(H,30,31). The number of hydrogen-bond acceptors (Lipinski definition) is 3. The number of amides is 2. The van der Waals surface area contributed by atoms with Crippen LogP contribution in [0.4, 0.5) is 0 Å². The predicted molar refractivity (Wildman–Crippen MR) is 127 cm³/mol. The molecule has 2 amide bonds. The smallest absolute Gasteiger partial charge is 0.322 e. The normalized spacial score (nSPS) is 19.7. The van der Waals surface area contributed by atoms with Gasteiger partial charge in [-0.3, -0.25) is 14.4 Å². The third kappa shape index (κ3) is 5.38. The van der Waals surface area contributed by atoms with Gasteiger partial charge in [0.15, 0.2) is 0 Å². The molecule has 1 saturated heterocycles. The molecule has 6 nitrogen and oxygen atoms in total. The maximum absolute atomic E-state index is 12.6. The third-order valence-electron chi connectivity index (χ3n) is 6.90. The number of hydrogen-bond donors (Lipinski definition) is 3. The summed E-state index contributed by atoms with van der Waals surface area (Å²) < 4.78 is 0. The van der Waals surface area contributed by atoms with Gasteiger partial charge in [-0.05, 0) is 66.0 Å². The number of rotatable bonds is 7. The number of carbonyl (C=O) groups is 3. The van der Waals surface area contributed by atoms with E-state index in [1.165, 1.54) is 19.3 Å². The van der Waals surface area contributed by atoms with Gasteiger partial charge in [-0.25, -0.2) is 0 Å². The highest BCUT2D eigenvalue weighted by molar-refractivity contribution is 6.31. The van der Waals surface area contributed by atoms with Crippen LogP contribution in [0.3, 0.4) is 0 Å². The number of nitrogens with one attached hydrogen (secondary N) is 2. The first-order valence-corrected chi connectivity index (χ1v) is 12.0. The molecule has 0 aromatic heterocycles. The minimum Gasteiger partial charge on any atom is -0.480 e. The van der Waals surface area contributed by atoms with Crippen LogP contribution in [0.15, 0.2) is 42.5 Å². The van der Waals surface area contributed by atoms with Crippen molar-refractivity contribution in [2.24, 2.45) is 11.8 Å². The minimum atomic E-state index is -1.09. The lowest BCUT2D eigenvalue weighted by Crippen LogP contribution is -2.29. The molecule has 1 aliphatic heterocycles. The Bertz CT molecular complexity index is 1050. The van der Waals surface area contributed by atoms with E-state index in [4.69, 9.17) is 16.7 Å². The Hall–Kier alpha value is -2.86. The molecule has 4 rings (SSSR count). The van der Waals surface area contributed by atoms with Crippen molar-refractivity contribution >= 4 is 29.4 Å². The lowest BCUT2D eigenvalue weighted by molar-refractivity contribution is -0.135.